The molecular weight excluding hydrogens is 565 g/mol. The summed E-state index contributed by atoms with van der Waals surface area (Å²) in [6.45, 7) is -1.26. The smallest absolute Gasteiger partial charge is 0.418 e. The largest absolute Gasteiger partial charge is 0.474 e. The number of dihydropyridines is 1. The van der Waals surface area contributed by atoms with E-state index < -0.39 is 37.2 Å². The summed E-state index contributed by atoms with van der Waals surface area (Å²) in [5.74, 6) is -0.420. The van der Waals surface area contributed by atoms with E-state index in [0.29, 0.717) is 33.8 Å². The molecule has 1 unspecified atom stereocenters. The zero-order valence-electron chi connectivity index (χ0n) is 21.1. The third-order valence-electron chi connectivity index (χ3n) is 6.14. The minimum Gasteiger partial charge on any atom is -0.474 e. The lowest BCUT2D eigenvalue weighted by Crippen LogP contribution is -2.50. The van der Waals surface area contributed by atoms with Gasteiger partial charge in [-0.1, -0.05) is 23.2 Å². The summed E-state index contributed by atoms with van der Waals surface area (Å²) >= 11 is 12.7. The molecule has 0 saturated carbocycles. The Morgan fingerprint density at radius 1 is 1.31 bits per heavy atom. The van der Waals surface area contributed by atoms with Crippen LogP contribution in [-0.2, 0) is 12.7 Å². The van der Waals surface area contributed by atoms with Gasteiger partial charge in [0.1, 0.15) is 18.8 Å². The number of rotatable bonds is 8. The summed E-state index contributed by atoms with van der Waals surface area (Å²) in [7, 11) is 4.83. The molecule has 1 atom stereocenters. The predicted molar refractivity (Wildman–Crippen MR) is 139 cm³/mol. The van der Waals surface area contributed by atoms with Gasteiger partial charge in [-0.05, 0) is 18.2 Å². The molecule has 210 valence electrons. The second-order valence-corrected chi connectivity index (χ2v) is 9.63. The maximum atomic E-state index is 13.5. The third-order valence-corrected chi connectivity index (χ3v) is 6.76. The van der Waals surface area contributed by atoms with Gasteiger partial charge in [-0.2, -0.15) is 18.2 Å². The van der Waals surface area contributed by atoms with E-state index in [4.69, 9.17) is 27.9 Å². The summed E-state index contributed by atoms with van der Waals surface area (Å²) in [6, 6.07) is 3.58. The molecule has 4 heterocycles. The van der Waals surface area contributed by atoms with Crippen molar-refractivity contribution in [1.29, 1.82) is 0 Å². The van der Waals surface area contributed by atoms with Crippen LogP contribution in [0.4, 0.5) is 29.1 Å². The number of nitrogens with one attached hydrogen (secondary N) is 2. The molecule has 0 saturated heterocycles. The van der Waals surface area contributed by atoms with Gasteiger partial charge in [0.15, 0.2) is 12.1 Å². The number of alkyl halides is 4. The predicted octanol–water partition coefficient (Wildman–Crippen LogP) is 4.01. The quantitative estimate of drug-likeness (QED) is 0.447. The van der Waals surface area contributed by atoms with Crippen molar-refractivity contribution in [3.63, 3.8) is 0 Å². The van der Waals surface area contributed by atoms with Crippen LogP contribution in [0.2, 0.25) is 0 Å². The number of hydrogen-bond acceptors (Lipinski definition) is 8. The molecule has 15 heteroatoms. The monoisotopic (exact) mass is 589 g/mol. The van der Waals surface area contributed by atoms with Crippen molar-refractivity contribution in [1.82, 2.24) is 25.5 Å². The fourth-order valence-corrected chi connectivity index (χ4v) is 4.74. The molecule has 0 aliphatic carbocycles. The molecule has 0 bridgehead atoms. The van der Waals surface area contributed by atoms with E-state index >= 15 is 0 Å². The number of pyridine rings is 2. The number of fused-ring (bicyclic) bond motifs is 1. The van der Waals surface area contributed by atoms with E-state index in [2.05, 4.69) is 20.6 Å². The molecule has 2 N–H and O–H groups in total. The summed E-state index contributed by atoms with van der Waals surface area (Å²) in [4.78, 5) is 26.4. The van der Waals surface area contributed by atoms with E-state index in [1.807, 2.05) is 0 Å². The number of hydrogen-bond donors (Lipinski definition) is 2. The third kappa shape index (κ3) is 5.78. The van der Waals surface area contributed by atoms with Gasteiger partial charge < -0.3 is 30.1 Å². The minimum absolute atomic E-state index is 0.0490. The Hall–Kier alpha value is -3.45. The van der Waals surface area contributed by atoms with Crippen LogP contribution in [0.25, 0.3) is 0 Å². The number of anilines is 2. The van der Waals surface area contributed by atoms with Gasteiger partial charge in [-0.3, -0.25) is 9.78 Å². The first-order chi connectivity index (χ1) is 18.4. The summed E-state index contributed by atoms with van der Waals surface area (Å²) in [6.07, 6.45) is -2.34. The number of allylic oxidation sites excluding steroid dienone is 1. The topological polar surface area (TPSA) is 85.9 Å². The lowest BCUT2D eigenvalue weighted by molar-refractivity contribution is -0.138. The number of halogens is 6. The molecule has 0 spiro atoms. The van der Waals surface area contributed by atoms with Crippen LogP contribution in [0.15, 0.2) is 46.4 Å². The van der Waals surface area contributed by atoms with Gasteiger partial charge in [-0.25, -0.2) is 4.39 Å². The first-order valence-corrected chi connectivity index (χ1v) is 12.4. The Bertz CT molecular complexity index is 1320. The zero-order valence-corrected chi connectivity index (χ0v) is 22.6. The van der Waals surface area contributed by atoms with Gasteiger partial charge >= 0.3 is 6.18 Å². The molecule has 1 amide bonds. The SMILES string of the molecule is CN(Cc1ncccc1C(F)(F)F)C(=O)c1cc2c(nc1OCCF)N(C)C(NC1=C(Cl)CNC=C1Cl)N2C. The molecular formula is C24H25Cl2F4N7O2. The maximum absolute atomic E-state index is 13.5. The second kappa shape index (κ2) is 11.3. The van der Waals surface area contributed by atoms with E-state index in [9.17, 15) is 22.4 Å². The van der Waals surface area contributed by atoms with Crippen molar-refractivity contribution in [2.75, 3.05) is 50.8 Å². The van der Waals surface area contributed by atoms with Crippen LogP contribution in [0.1, 0.15) is 21.6 Å². The van der Waals surface area contributed by atoms with Crippen molar-refractivity contribution >= 4 is 40.6 Å². The highest BCUT2D eigenvalue weighted by Gasteiger charge is 2.37. The van der Waals surface area contributed by atoms with E-state index in [1.54, 1.807) is 30.1 Å². The molecule has 2 aliphatic rings. The second-order valence-electron chi connectivity index (χ2n) is 8.77. The average Bonchev–Trinajstić information content (AvgIpc) is 3.12. The van der Waals surface area contributed by atoms with Crippen molar-refractivity contribution in [3.05, 3.63) is 63.2 Å². The van der Waals surface area contributed by atoms with Crippen molar-refractivity contribution in [2.45, 2.75) is 19.0 Å². The van der Waals surface area contributed by atoms with E-state index in [1.165, 1.54) is 25.4 Å². The summed E-state index contributed by atoms with van der Waals surface area (Å²) in [5.41, 5.74) is -0.292. The molecule has 39 heavy (non-hydrogen) atoms. The average molecular weight is 590 g/mol. The first kappa shape index (κ1) is 28.6. The normalized spacial score (nSPS) is 17.1. The van der Waals surface area contributed by atoms with E-state index in [-0.39, 0.29) is 23.7 Å². The van der Waals surface area contributed by atoms with Crippen molar-refractivity contribution < 1.29 is 27.1 Å². The van der Waals surface area contributed by atoms with Gasteiger partial charge in [0, 0.05) is 33.5 Å². The zero-order chi connectivity index (χ0) is 28.5. The Morgan fingerprint density at radius 2 is 2.05 bits per heavy atom. The highest BCUT2D eigenvalue weighted by molar-refractivity contribution is 6.36. The maximum Gasteiger partial charge on any atom is 0.418 e. The number of nitrogens with zero attached hydrogens (tertiary/aromatic N) is 5. The lowest BCUT2D eigenvalue weighted by Gasteiger charge is -2.31. The van der Waals surface area contributed by atoms with Crippen molar-refractivity contribution in [2.24, 2.45) is 0 Å². The lowest BCUT2D eigenvalue weighted by atomic mass is 10.1. The van der Waals surface area contributed by atoms with Crippen LogP contribution in [-0.4, -0.2) is 68.0 Å². The number of carbonyl (C=O) groups excluding carboxylic acids is 1. The first-order valence-electron chi connectivity index (χ1n) is 11.6. The molecule has 4 rings (SSSR count). The van der Waals surface area contributed by atoms with Gasteiger partial charge in [0.25, 0.3) is 5.91 Å². The Morgan fingerprint density at radius 3 is 2.72 bits per heavy atom. The number of aromatic nitrogens is 2. The number of carbonyl (C=O) groups is 1. The van der Waals surface area contributed by atoms with Crippen LogP contribution in [0.3, 0.4) is 0 Å². The summed E-state index contributed by atoms with van der Waals surface area (Å²) < 4.78 is 58.8. The number of ether oxygens (including phenoxy) is 1. The van der Waals surface area contributed by atoms with Crippen molar-refractivity contribution in [3.8, 4) is 5.88 Å². The van der Waals surface area contributed by atoms with E-state index in [0.717, 1.165) is 11.0 Å². The summed E-state index contributed by atoms with van der Waals surface area (Å²) in [5, 5.41) is 7.04. The molecule has 2 aromatic heterocycles. The Balaban J connectivity index is 1.66. The van der Waals surface area contributed by atoms with Gasteiger partial charge in [0.05, 0.1) is 45.8 Å². The standard InChI is InChI=1S/C24H25Cl2F4N7O2/c1-35(12-17-14(24(28,29)30)5-4-7-32-17)22(38)13-9-18-20(34-21(13)39-8-6-27)37(3)23(36(18)2)33-19-15(25)10-31-11-16(19)26/h4-5,7,9-10,23,31,33H,6,8,11-12H2,1-3H3. The molecule has 2 aliphatic heterocycles. The minimum atomic E-state index is -4.64. The highest BCUT2D eigenvalue weighted by atomic mass is 35.5. The molecule has 2 aromatic rings. The Labute approximate surface area is 232 Å². The number of amides is 1. The fourth-order valence-electron chi connectivity index (χ4n) is 4.22. The Kier molecular flexibility index (Phi) is 8.31. The van der Waals surface area contributed by atoms with Gasteiger partial charge in [-0.15, -0.1) is 0 Å². The molecule has 9 nitrogen and oxygen atoms in total. The van der Waals surface area contributed by atoms with Crippen LogP contribution < -0.4 is 25.2 Å². The molecule has 0 fully saturated rings. The molecule has 0 aromatic carbocycles. The molecule has 0 radical (unpaired) electrons. The van der Waals surface area contributed by atoms with Crippen LogP contribution in [0, 0.1) is 0 Å². The van der Waals surface area contributed by atoms with Gasteiger partial charge in [0.2, 0.25) is 5.88 Å². The van der Waals surface area contributed by atoms with Crippen LogP contribution >= 0.6 is 23.2 Å². The fraction of sp³-hybridized carbons (Fsp3) is 0.375. The van der Waals surface area contributed by atoms with Crippen LogP contribution in [0.5, 0.6) is 5.88 Å². The highest BCUT2D eigenvalue weighted by Crippen LogP contribution is 2.40.